The van der Waals surface area contributed by atoms with Crippen molar-refractivity contribution >= 4 is 0 Å². The standard InChI is InChI=1S/C14H26O2/c1-2-16-14-9-12(10-14)8-13(15)7-11-5-3-4-6-11/h11-15H,2-10H2,1H3. The van der Waals surface area contributed by atoms with E-state index >= 15 is 0 Å². The van der Waals surface area contributed by atoms with Gasteiger partial charge in [0.25, 0.3) is 0 Å². The minimum Gasteiger partial charge on any atom is -0.393 e. The largest absolute Gasteiger partial charge is 0.393 e. The Morgan fingerprint density at radius 3 is 2.38 bits per heavy atom. The molecule has 94 valence electrons. The first kappa shape index (κ1) is 12.4. The molecule has 0 saturated heterocycles. The molecule has 2 saturated carbocycles. The fraction of sp³-hybridized carbons (Fsp3) is 1.00. The van der Waals surface area contributed by atoms with Crippen LogP contribution in [0.15, 0.2) is 0 Å². The third-order valence-electron chi connectivity index (χ3n) is 4.28. The van der Waals surface area contributed by atoms with Crippen LogP contribution in [0.2, 0.25) is 0 Å². The molecule has 16 heavy (non-hydrogen) atoms. The van der Waals surface area contributed by atoms with E-state index in [-0.39, 0.29) is 6.10 Å². The van der Waals surface area contributed by atoms with Crippen molar-refractivity contribution in [2.75, 3.05) is 6.61 Å². The first-order valence-electron chi connectivity index (χ1n) is 7.07. The molecule has 2 fully saturated rings. The van der Waals surface area contributed by atoms with Gasteiger partial charge in [-0.2, -0.15) is 0 Å². The summed E-state index contributed by atoms with van der Waals surface area (Å²) in [5, 5.41) is 10.0. The van der Waals surface area contributed by atoms with Crippen molar-refractivity contribution in [1.82, 2.24) is 0 Å². The van der Waals surface area contributed by atoms with Gasteiger partial charge < -0.3 is 9.84 Å². The smallest absolute Gasteiger partial charge is 0.0580 e. The predicted molar refractivity (Wildman–Crippen MR) is 65.3 cm³/mol. The van der Waals surface area contributed by atoms with Gasteiger partial charge in [0.15, 0.2) is 0 Å². The highest BCUT2D eigenvalue weighted by molar-refractivity contribution is 4.83. The summed E-state index contributed by atoms with van der Waals surface area (Å²) in [5.74, 6) is 1.55. The van der Waals surface area contributed by atoms with Gasteiger partial charge in [-0.15, -0.1) is 0 Å². The maximum absolute atomic E-state index is 10.0. The van der Waals surface area contributed by atoms with Gasteiger partial charge in [0.05, 0.1) is 12.2 Å². The molecular formula is C14H26O2. The molecule has 2 rings (SSSR count). The highest BCUT2D eigenvalue weighted by Crippen LogP contribution is 2.36. The van der Waals surface area contributed by atoms with Crippen molar-refractivity contribution in [2.24, 2.45) is 11.8 Å². The van der Waals surface area contributed by atoms with Crippen LogP contribution < -0.4 is 0 Å². The van der Waals surface area contributed by atoms with Crippen molar-refractivity contribution < 1.29 is 9.84 Å². The summed E-state index contributed by atoms with van der Waals surface area (Å²) in [7, 11) is 0. The van der Waals surface area contributed by atoms with Crippen molar-refractivity contribution in [1.29, 1.82) is 0 Å². The lowest BCUT2D eigenvalue weighted by molar-refractivity contribution is -0.0395. The summed E-state index contributed by atoms with van der Waals surface area (Å²) in [6, 6.07) is 0. The molecule has 0 radical (unpaired) electrons. The SMILES string of the molecule is CCOC1CC(CC(O)CC2CCCC2)C1. The second-order valence-electron chi connectivity index (χ2n) is 5.69. The second kappa shape index (κ2) is 6.02. The van der Waals surface area contributed by atoms with Crippen LogP contribution in [-0.2, 0) is 4.74 Å². The lowest BCUT2D eigenvalue weighted by Crippen LogP contribution is -2.33. The summed E-state index contributed by atoms with van der Waals surface area (Å²) < 4.78 is 5.54. The van der Waals surface area contributed by atoms with Gasteiger partial charge >= 0.3 is 0 Å². The van der Waals surface area contributed by atoms with Gasteiger partial charge in [-0.25, -0.2) is 0 Å². The number of hydrogen-bond acceptors (Lipinski definition) is 2. The molecule has 0 spiro atoms. The maximum atomic E-state index is 10.0. The lowest BCUT2D eigenvalue weighted by Gasteiger charge is -2.36. The Hall–Kier alpha value is -0.0800. The van der Waals surface area contributed by atoms with Gasteiger partial charge in [0.1, 0.15) is 0 Å². The molecule has 1 atom stereocenters. The Labute approximate surface area is 99.4 Å². The minimum atomic E-state index is -0.0457. The maximum Gasteiger partial charge on any atom is 0.0580 e. The summed E-state index contributed by atoms with van der Waals surface area (Å²) in [6.07, 6.45) is 10.3. The molecule has 2 heteroatoms. The summed E-state index contributed by atoms with van der Waals surface area (Å²) in [4.78, 5) is 0. The average Bonchev–Trinajstić information content (AvgIpc) is 2.67. The number of ether oxygens (including phenoxy) is 1. The molecular weight excluding hydrogens is 200 g/mol. The number of hydrogen-bond donors (Lipinski definition) is 1. The van der Waals surface area contributed by atoms with E-state index in [9.17, 15) is 5.11 Å². The summed E-state index contributed by atoms with van der Waals surface area (Å²) in [6.45, 7) is 2.89. The Morgan fingerprint density at radius 2 is 1.75 bits per heavy atom. The van der Waals surface area contributed by atoms with E-state index in [1.807, 2.05) is 0 Å². The number of aliphatic hydroxyl groups excluding tert-OH is 1. The Balaban J connectivity index is 1.56. The normalized spacial score (nSPS) is 32.6. The zero-order valence-electron chi connectivity index (χ0n) is 10.5. The van der Waals surface area contributed by atoms with E-state index in [4.69, 9.17) is 4.74 Å². The van der Waals surface area contributed by atoms with Crippen LogP contribution >= 0.6 is 0 Å². The number of aliphatic hydroxyl groups is 1. The first-order valence-corrected chi connectivity index (χ1v) is 7.07. The molecule has 0 aromatic heterocycles. The van der Waals surface area contributed by atoms with E-state index < -0.39 is 0 Å². The highest BCUT2D eigenvalue weighted by atomic mass is 16.5. The van der Waals surface area contributed by atoms with Crippen LogP contribution in [0.5, 0.6) is 0 Å². The summed E-state index contributed by atoms with van der Waals surface area (Å²) in [5.41, 5.74) is 0. The average molecular weight is 226 g/mol. The van der Waals surface area contributed by atoms with Crippen LogP contribution in [0.1, 0.15) is 58.3 Å². The Bertz CT molecular complexity index is 193. The van der Waals surface area contributed by atoms with E-state index in [0.717, 1.165) is 31.3 Å². The lowest BCUT2D eigenvalue weighted by atomic mass is 9.77. The van der Waals surface area contributed by atoms with Crippen LogP contribution in [0.3, 0.4) is 0 Å². The van der Waals surface area contributed by atoms with Gasteiger partial charge in [-0.1, -0.05) is 25.7 Å². The zero-order valence-corrected chi connectivity index (χ0v) is 10.5. The molecule has 0 amide bonds. The molecule has 2 aliphatic rings. The molecule has 1 N–H and O–H groups in total. The van der Waals surface area contributed by atoms with Crippen molar-refractivity contribution in [3.63, 3.8) is 0 Å². The molecule has 0 aliphatic heterocycles. The monoisotopic (exact) mass is 226 g/mol. The minimum absolute atomic E-state index is 0.0457. The number of rotatable bonds is 6. The zero-order chi connectivity index (χ0) is 11.4. The van der Waals surface area contributed by atoms with Gasteiger partial charge in [-0.3, -0.25) is 0 Å². The quantitative estimate of drug-likeness (QED) is 0.754. The molecule has 0 aromatic rings. The van der Waals surface area contributed by atoms with Crippen molar-refractivity contribution in [2.45, 2.75) is 70.5 Å². The Kier molecular flexibility index (Phi) is 4.66. The third kappa shape index (κ3) is 3.46. The fourth-order valence-corrected chi connectivity index (χ4v) is 3.35. The third-order valence-corrected chi connectivity index (χ3v) is 4.28. The van der Waals surface area contributed by atoms with Gasteiger partial charge in [0.2, 0.25) is 0 Å². The van der Waals surface area contributed by atoms with Crippen LogP contribution in [0.4, 0.5) is 0 Å². The second-order valence-corrected chi connectivity index (χ2v) is 5.69. The van der Waals surface area contributed by atoms with Crippen LogP contribution in [-0.4, -0.2) is 23.9 Å². The van der Waals surface area contributed by atoms with Gasteiger partial charge in [-0.05, 0) is 44.4 Å². The van der Waals surface area contributed by atoms with Crippen LogP contribution in [0, 0.1) is 11.8 Å². The molecule has 0 aromatic carbocycles. The molecule has 2 aliphatic carbocycles. The van der Waals surface area contributed by atoms with Crippen molar-refractivity contribution in [3.8, 4) is 0 Å². The van der Waals surface area contributed by atoms with E-state index in [0.29, 0.717) is 6.10 Å². The van der Waals surface area contributed by atoms with Gasteiger partial charge in [0, 0.05) is 6.61 Å². The van der Waals surface area contributed by atoms with E-state index in [1.165, 1.54) is 38.5 Å². The topological polar surface area (TPSA) is 29.5 Å². The van der Waals surface area contributed by atoms with Crippen molar-refractivity contribution in [3.05, 3.63) is 0 Å². The first-order chi connectivity index (χ1) is 7.78. The van der Waals surface area contributed by atoms with Crippen LogP contribution in [0.25, 0.3) is 0 Å². The highest BCUT2D eigenvalue weighted by Gasteiger charge is 2.31. The fourth-order valence-electron chi connectivity index (χ4n) is 3.35. The van der Waals surface area contributed by atoms with E-state index in [1.54, 1.807) is 0 Å². The molecule has 1 unspecified atom stereocenters. The van der Waals surface area contributed by atoms with E-state index in [2.05, 4.69) is 6.92 Å². The Morgan fingerprint density at radius 1 is 1.12 bits per heavy atom. The molecule has 0 heterocycles. The molecule has 2 nitrogen and oxygen atoms in total. The predicted octanol–water partition coefficient (Wildman–Crippen LogP) is 3.13. The molecule has 0 bridgehead atoms. The summed E-state index contributed by atoms with van der Waals surface area (Å²) >= 11 is 0.